The van der Waals surface area contributed by atoms with E-state index in [1.54, 1.807) is 25.1 Å². The standard InChI is InChI=1S/C18H18N4O5/c1-9-15-11(21-22-18(19)24)3-2-4-13(15)27-16(9)17(23)20-10-5-6-12-14(7-10)26-8-25-12/h5-7H,2-4,8H2,1H3,(H,20,23)(H3,19,22,24)/b21-11+. The van der Waals surface area contributed by atoms with Gasteiger partial charge in [0.1, 0.15) is 5.76 Å². The summed E-state index contributed by atoms with van der Waals surface area (Å²) >= 11 is 0. The van der Waals surface area contributed by atoms with Crippen molar-refractivity contribution in [3.63, 3.8) is 0 Å². The molecule has 3 amide bonds. The summed E-state index contributed by atoms with van der Waals surface area (Å²) in [5.41, 5.74) is 9.98. The van der Waals surface area contributed by atoms with Gasteiger partial charge in [0.15, 0.2) is 17.3 Å². The number of anilines is 1. The molecule has 2 aliphatic rings. The number of carbonyl (C=O) groups is 2. The fraction of sp³-hybridized carbons (Fsp3) is 0.278. The summed E-state index contributed by atoms with van der Waals surface area (Å²) in [4.78, 5) is 23.7. The summed E-state index contributed by atoms with van der Waals surface area (Å²) in [5, 5.41) is 6.86. The maximum absolute atomic E-state index is 12.7. The van der Waals surface area contributed by atoms with Crippen molar-refractivity contribution in [2.75, 3.05) is 12.1 Å². The Bertz CT molecular complexity index is 963. The molecule has 0 saturated carbocycles. The first-order chi connectivity index (χ1) is 13.0. The average molecular weight is 370 g/mol. The monoisotopic (exact) mass is 370 g/mol. The van der Waals surface area contributed by atoms with Gasteiger partial charge in [-0.1, -0.05) is 0 Å². The molecule has 27 heavy (non-hydrogen) atoms. The van der Waals surface area contributed by atoms with Gasteiger partial charge in [-0.25, -0.2) is 10.2 Å². The first-order valence-electron chi connectivity index (χ1n) is 8.48. The number of hydrogen-bond donors (Lipinski definition) is 3. The Labute approximate surface area is 154 Å². The molecule has 0 spiro atoms. The summed E-state index contributed by atoms with van der Waals surface area (Å²) in [6.45, 7) is 1.96. The minimum atomic E-state index is -0.739. The van der Waals surface area contributed by atoms with Crippen LogP contribution in [0.4, 0.5) is 10.5 Å². The van der Waals surface area contributed by atoms with Crippen LogP contribution in [0, 0.1) is 6.92 Å². The van der Waals surface area contributed by atoms with E-state index in [1.807, 2.05) is 0 Å². The minimum absolute atomic E-state index is 0.165. The van der Waals surface area contributed by atoms with Gasteiger partial charge in [0.05, 0.1) is 5.71 Å². The second-order valence-electron chi connectivity index (χ2n) is 6.26. The lowest BCUT2D eigenvalue weighted by molar-refractivity contribution is 0.0994. The number of nitrogens with zero attached hydrogens (tertiary/aromatic N) is 1. The van der Waals surface area contributed by atoms with Crippen LogP contribution in [0.25, 0.3) is 0 Å². The van der Waals surface area contributed by atoms with Gasteiger partial charge in [-0.2, -0.15) is 5.10 Å². The number of nitrogens with two attached hydrogens (primary N) is 1. The number of benzene rings is 1. The number of fused-ring (bicyclic) bond motifs is 2. The van der Waals surface area contributed by atoms with Crippen LogP contribution in [-0.2, 0) is 6.42 Å². The second kappa shape index (κ2) is 6.67. The molecule has 9 heteroatoms. The van der Waals surface area contributed by atoms with Gasteiger partial charge < -0.3 is 24.9 Å². The Kier molecular flexibility index (Phi) is 4.19. The first-order valence-corrected chi connectivity index (χ1v) is 8.48. The number of ether oxygens (including phenoxy) is 2. The van der Waals surface area contributed by atoms with Crippen molar-refractivity contribution >= 4 is 23.3 Å². The highest BCUT2D eigenvalue weighted by molar-refractivity contribution is 6.09. The highest BCUT2D eigenvalue weighted by Gasteiger charge is 2.28. The molecule has 9 nitrogen and oxygen atoms in total. The molecule has 1 aromatic carbocycles. The van der Waals surface area contributed by atoms with Crippen molar-refractivity contribution in [2.45, 2.75) is 26.2 Å². The highest BCUT2D eigenvalue weighted by atomic mass is 16.7. The molecule has 1 aromatic heterocycles. The molecule has 4 N–H and O–H groups in total. The topological polar surface area (TPSA) is 128 Å². The zero-order valence-corrected chi connectivity index (χ0v) is 14.6. The van der Waals surface area contributed by atoms with Gasteiger partial charge in [-0.05, 0) is 31.9 Å². The van der Waals surface area contributed by atoms with Crippen molar-refractivity contribution in [2.24, 2.45) is 10.8 Å². The number of aryl methyl sites for hydroxylation is 1. The summed E-state index contributed by atoms with van der Waals surface area (Å²) in [6, 6.07) is 4.42. The number of hydrazone groups is 1. The van der Waals surface area contributed by atoms with Crippen molar-refractivity contribution in [1.82, 2.24) is 5.43 Å². The maximum atomic E-state index is 12.7. The first kappa shape index (κ1) is 17.0. The number of nitrogens with one attached hydrogen (secondary N) is 2. The summed E-state index contributed by atoms with van der Waals surface area (Å²) in [6.07, 6.45) is 2.17. The molecule has 0 saturated heterocycles. The SMILES string of the molecule is Cc1c(C(=O)Nc2ccc3c(c2)OCO3)oc2c1/C(=N/NC(N)=O)CCC2. The molecule has 1 aliphatic heterocycles. The summed E-state index contributed by atoms with van der Waals surface area (Å²) < 4.78 is 16.4. The molecule has 140 valence electrons. The number of hydrogen-bond acceptors (Lipinski definition) is 6. The van der Waals surface area contributed by atoms with E-state index in [0.29, 0.717) is 47.1 Å². The lowest BCUT2D eigenvalue weighted by Gasteiger charge is -2.13. The van der Waals surface area contributed by atoms with Crippen LogP contribution in [-0.4, -0.2) is 24.4 Å². The number of furan rings is 1. The van der Waals surface area contributed by atoms with Crippen LogP contribution in [0.1, 0.15) is 40.3 Å². The molecule has 4 rings (SSSR count). The second-order valence-corrected chi connectivity index (χ2v) is 6.26. The van der Waals surface area contributed by atoms with E-state index in [1.165, 1.54) is 0 Å². The predicted molar refractivity (Wildman–Crippen MR) is 96.2 cm³/mol. The zero-order valence-electron chi connectivity index (χ0n) is 14.6. The molecular formula is C18H18N4O5. The molecule has 2 aromatic rings. The van der Waals surface area contributed by atoms with Gasteiger partial charge in [-0.15, -0.1) is 0 Å². The van der Waals surface area contributed by atoms with Gasteiger partial charge in [0.25, 0.3) is 5.91 Å². The van der Waals surface area contributed by atoms with Gasteiger partial charge >= 0.3 is 6.03 Å². The molecule has 1 aliphatic carbocycles. The van der Waals surface area contributed by atoms with Crippen molar-refractivity contribution in [3.05, 3.63) is 40.8 Å². The molecule has 0 radical (unpaired) electrons. The van der Waals surface area contributed by atoms with Crippen LogP contribution in [0.15, 0.2) is 27.7 Å². The zero-order chi connectivity index (χ0) is 19.0. The Morgan fingerprint density at radius 1 is 1.19 bits per heavy atom. The predicted octanol–water partition coefficient (Wildman–Crippen LogP) is 2.28. The lowest BCUT2D eigenvalue weighted by atomic mass is 9.93. The van der Waals surface area contributed by atoms with Crippen molar-refractivity contribution in [3.8, 4) is 11.5 Å². The van der Waals surface area contributed by atoms with E-state index in [4.69, 9.17) is 19.6 Å². The van der Waals surface area contributed by atoms with Crippen LogP contribution < -0.4 is 25.9 Å². The molecule has 0 atom stereocenters. The Morgan fingerprint density at radius 2 is 2.00 bits per heavy atom. The highest BCUT2D eigenvalue weighted by Crippen LogP contribution is 2.35. The smallest absolute Gasteiger partial charge is 0.332 e. The van der Waals surface area contributed by atoms with E-state index in [9.17, 15) is 9.59 Å². The molecule has 2 heterocycles. The van der Waals surface area contributed by atoms with E-state index in [0.717, 1.165) is 12.0 Å². The van der Waals surface area contributed by atoms with Gasteiger partial charge in [-0.3, -0.25) is 4.79 Å². The number of amides is 3. The van der Waals surface area contributed by atoms with E-state index >= 15 is 0 Å². The average Bonchev–Trinajstić information content (AvgIpc) is 3.24. The lowest BCUT2D eigenvalue weighted by Crippen LogP contribution is -2.27. The van der Waals surface area contributed by atoms with E-state index in [-0.39, 0.29) is 18.5 Å². The fourth-order valence-corrected chi connectivity index (χ4v) is 3.28. The third kappa shape index (κ3) is 3.19. The van der Waals surface area contributed by atoms with Crippen LogP contribution in [0.5, 0.6) is 11.5 Å². The number of urea groups is 1. The van der Waals surface area contributed by atoms with Crippen LogP contribution >= 0.6 is 0 Å². The Morgan fingerprint density at radius 3 is 2.81 bits per heavy atom. The Hall–Kier alpha value is -3.49. The quantitative estimate of drug-likeness (QED) is 0.714. The normalized spacial score (nSPS) is 16.1. The number of carbonyl (C=O) groups excluding carboxylic acids is 2. The van der Waals surface area contributed by atoms with E-state index in [2.05, 4.69) is 15.8 Å². The van der Waals surface area contributed by atoms with E-state index < -0.39 is 6.03 Å². The minimum Gasteiger partial charge on any atom is -0.455 e. The fourth-order valence-electron chi connectivity index (χ4n) is 3.28. The Balaban J connectivity index is 1.60. The third-order valence-corrected chi connectivity index (χ3v) is 4.46. The maximum Gasteiger partial charge on any atom is 0.332 e. The van der Waals surface area contributed by atoms with Crippen molar-refractivity contribution in [1.29, 1.82) is 0 Å². The molecule has 0 bridgehead atoms. The van der Waals surface area contributed by atoms with Gasteiger partial charge in [0.2, 0.25) is 6.79 Å². The molecular weight excluding hydrogens is 352 g/mol. The molecule has 0 fully saturated rings. The summed E-state index contributed by atoms with van der Waals surface area (Å²) in [5.74, 6) is 1.74. The van der Waals surface area contributed by atoms with Crippen molar-refractivity contribution < 1.29 is 23.5 Å². The molecule has 0 unspecified atom stereocenters. The third-order valence-electron chi connectivity index (χ3n) is 4.46. The van der Waals surface area contributed by atoms with Crippen LogP contribution in [0.3, 0.4) is 0 Å². The largest absolute Gasteiger partial charge is 0.455 e. The number of rotatable bonds is 3. The number of primary amides is 1. The summed E-state index contributed by atoms with van der Waals surface area (Å²) in [7, 11) is 0. The van der Waals surface area contributed by atoms with Gasteiger partial charge in [0, 0.05) is 29.3 Å². The van der Waals surface area contributed by atoms with Crippen LogP contribution in [0.2, 0.25) is 0 Å².